The predicted molar refractivity (Wildman–Crippen MR) is 61.0 cm³/mol. The first kappa shape index (κ1) is 9.94. The lowest BCUT2D eigenvalue weighted by atomic mass is 9.97. The van der Waals surface area contributed by atoms with Crippen LogP contribution in [0.4, 0.5) is 0 Å². The Kier molecular flexibility index (Phi) is 2.84. The number of hydrogen-bond donors (Lipinski definition) is 0. The highest BCUT2D eigenvalue weighted by Crippen LogP contribution is 2.25. The molecule has 0 N–H and O–H groups in total. The molecule has 0 saturated heterocycles. The van der Waals surface area contributed by atoms with Crippen molar-refractivity contribution >= 4 is 0 Å². The van der Waals surface area contributed by atoms with Gasteiger partial charge in [-0.05, 0) is 29.2 Å². The van der Waals surface area contributed by atoms with E-state index in [1.807, 2.05) is 37.3 Å². The molecule has 1 heteroatoms. The largest absolute Gasteiger partial charge is 0.232 e. The summed E-state index contributed by atoms with van der Waals surface area (Å²) in [5, 5.41) is 10.9. The molecule has 75 valence electrons. The highest BCUT2D eigenvalue weighted by molar-refractivity contribution is 5.68. The molecule has 0 aliphatic rings. The molecule has 0 fully saturated rings. The Labute approximate surface area is 90.0 Å². The fourth-order valence-corrected chi connectivity index (χ4v) is 1.77. The third-order valence-corrected chi connectivity index (χ3v) is 2.69. The Morgan fingerprint density at radius 3 is 2.33 bits per heavy atom. The third kappa shape index (κ3) is 1.92. The summed E-state index contributed by atoms with van der Waals surface area (Å²) in [4.78, 5) is 0. The topological polar surface area (TPSA) is 19.9 Å². The van der Waals surface area contributed by atoms with Gasteiger partial charge in [-0.15, -0.1) is 0 Å². The smallest absolute Gasteiger partial charge is 0.108 e. The Balaban J connectivity index is 2.54. The molecule has 0 aromatic heterocycles. The van der Waals surface area contributed by atoms with Crippen molar-refractivity contribution in [2.75, 3.05) is 0 Å². The third-order valence-electron chi connectivity index (χ3n) is 2.69. The van der Waals surface area contributed by atoms with Crippen LogP contribution in [0.2, 0.25) is 0 Å². The van der Waals surface area contributed by atoms with Crippen molar-refractivity contribution < 1.29 is 5.11 Å². The monoisotopic (exact) mass is 197 g/mol. The van der Waals surface area contributed by atoms with Crippen LogP contribution in [0.15, 0.2) is 48.5 Å². The lowest BCUT2D eigenvalue weighted by molar-refractivity contribution is 0.177. The van der Waals surface area contributed by atoms with Gasteiger partial charge in [0.25, 0.3) is 0 Å². The van der Waals surface area contributed by atoms with E-state index < -0.39 is 0 Å². The van der Waals surface area contributed by atoms with Crippen molar-refractivity contribution in [1.82, 2.24) is 0 Å². The molecule has 0 heterocycles. The van der Waals surface area contributed by atoms with Crippen LogP contribution in [-0.4, -0.2) is 0 Å². The molecule has 0 saturated carbocycles. The van der Waals surface area contributed by atoms with Crippen LogP contribution in [0.25, 0.3) is 11.1 Å². The molecule has 15 heavy (non-hydrogen) atoms. The molecule has 0 aliphatic carbocycles. The highest BCUT2D eigenvalue weighted by Gasteiger charge is 2.04. The van der Waals surface area contributed by atoms with Gasteiger partial charge < -0.3 is 0 Å². The zero-order chi connectivity index (χ0) is 10.7. The zero-order valence-electron chi connectivity index (χ0n) is 8.73. The van der Waals surface area contributed by atoms with E-state index in [0.29, 0.717) is 0 Å². The summed E-state index contributed by atoms with van der Waals surface area (Å²) in [6, 6.07) is 16.1. The fraction of sp³-hybridized carbons (Fsp3) is 0.143. The van der Waals surface area contributed by atoms with Gasteiger partial charge in [0.2, 0.25) is 0 Å². The molecule has 2 rings (SSSR count). The van der Waals surface area contributed by atoms with Gasteiger partial charge in [0.1, 0.15) is 6.61 Å². The molecule has 1 radical (unpaired) electrons. The molecular formula is C14H13O. The van der Waals surface area contributed by atoms with E-state index in [9.17, 15) is 5.11 Å². The standard InChI is InChI=1S/C14H13O/c1-11-13(10-15)8-5-9-14(11)12-6-3-2-4-7-12/h2-9H,10H2,1H3. The molecule has 0 unspecified atom stereocenters. The molecule has 0 aliphatic heterocycles. The van der Waals surface area contributed by atoms with Crippen molar-refractivity contribution in [3.63, 3.8) is 0 Å². The molecule has 0 amide bonds. The number of hydrogen-bond acceptors (Lipinski definition) is 0. The van der Waals surface area contributed by atoms with Crippen LogP contribution in [0.1, 0.15) is 11.1 Å². The molecule has 0 atom stereocenters. The van der Waals surface area contributed by atoms with Crippen LogP contribution in [-0.2, 0) is 11.7 Å². The average Bonchev–Trinajstić information content (AvgIpc) is 2.30. The van der Waals surface area contributed by atoms with Gasteiger partial charge in [-0.3, -0.25) is 0 Å². The minimum Gasteiger partial charge on any atom is -0.232 e. The summed E-state index contributed by atoms with van der Waals surface area (Å²) in [6.45, 7) is 1.86. The summed E-state index contributed by atoms with van der Waals surface area (Å²) >= 11 is 0. The first-order valence-corrected chi connectivity index (χ1v) is 5.05. The van der Waals surface area contributed by atoms with Crippen LogP contribution < -0.4 is 0 Å². The first-order chi connectivity index (χ1) is 7.33. The van der Waals surface area contributed by atoms with E-state index >= 15 is 0 Å². The molecule has 0 bridgehead atoms. The van der Waals surface area contributed by atoms with E-state index in [-0.39, 0.29) is 6.61 Å². The van der Waals surface area contributed by atoms with E-state index in [4.69, 9.17) is 0 Å². The minimum atomic E-state index is -0.146. The first-order valence-electron chi connectivity index (χ1n) is 5.05. The van der Waals surface area contributed by atoms with Gasteiger partial charge in [-0.1, -0.05) is 48.5 Å². The molecule has 2 aromatic carbocycles. The van der Waals surface area contributed by atoms with Crippen LogP contribution in [0.5, 0.6) is 0 Å². The maximum Gasteiger partial charge on any atom is 0.108 e. The molecular weight excluding hydrogens is 184 g/mol. The predicted octanol–water partition coefficient (Wildman–Crippen LogP) is 3.59. The Bertz CT molecular complexity index is 446. The van der Waals surface area contributed by atoms with Gasteiger partial charge in [0.05, 0.1) is 0 Å². The zero-order valence-corrected chi connectivity index (χ0v) is 8.73. The number of rotatable bonds is 2. The van der Waals surface area contributed by atoms with Crippen molar-refractivity contribution in [2.24, 2.45) is 0 Å². The Morgan fingerprint density at radius 1 is 0.933 bits per heavy atom. The van der Waals surface area contributed by atoms with Gasteiger partial charge in [0.15, 0.2) is 0 Å². The summed E-state index contributed by atoms with van der Waals surface area (Å²) in [5.74, 6) is 0. The fourth-order valence-electron chi connectivity index (χ4n) is 1.77. The van der Waals surface area contributed by atoms with Crippen LogP contribution in [0, 0.1) is 6.92 Å². The van der Waals surface area contributed by atoms with Crippen molar-refractivity contribution in [3.05, 3.63) is 59.7 Å². The Hall–Kier alpha value is -1.60. The van der Waals surface area contributed by atoms with Gasteiger partial charge in [-0.25, -0.2) is 5.11 Å². The molecule has 1 nitrogen and oxygen atoms in total. The molecule has 2 aromatic rings. The Morgan fingerprint density at radius 2 is 1.67 bits per heavy atom. The summed E-state index contributed by atoms with van der Waals surface area (Å²) in [7, 11) is 0. The van der Waals surface area contributed by atoms with Gasteiger partial charge in [-0.2, -0.15) is 0 Å². The van der Waals surface area contributed by atoms with Gasteiger partial charge >= 0.3 is 0 Å². The van der Waals surface area contributed by atoms with E-state index in [2.05, 4.69) is 18.2 Å². The second kappa shape index (κ2) is 4.28. The molecule has 0 spiro atoms. The highest BCUT2D eigenvalue weighted by atomic mass is 16.3. The van der Waals surface area contributed by atoms with Crippen LogP contribution >= 0.6 is 0 Å². The van der Waals surface area contributed by atoms with Crippen LogP contribution in [0.3, 0.4) is 0 Å². The lowest BCUT2D eigenvalue weighted by Crippen LogP contribution is -1.90. The average molecular weight is 197 g/mol. The summed E-state index contributed by atoms with van der Waals surface area (Å²) < 4.78 is 0. The van der Waals surface area contributed by atoms with Gasteiger partial charge in [0, 0.05) is 0 Å². The minimum absolute atomic E-state index is 0.146. The second-order valence-electron chi connectivity index (χ2n) is 3.60. The van der Waals surface area contributed by atoms with Crippen molar-refractivity contribution in [2.45, 2.75) is 13.5 Å². The van der Waals surface area contributed by atoms with Crippen molar-refractivity contribution in [3.8, 4) is 11.1 Å². The quantitative estimate of drug-likeness (QED) is 0.701. The van der Waals surface area contributed by atoms with Crippen molar-refractivity contribution in [1.29, 1.82) is 0 Å². The summed E-state index contributed by atoms with van der Waals surface area (Å²) in [5.41, 5.74) is 4.31. The normalized spacial score (nSPS) is 10.3. The summed E-state index contributed by atoms with van der Waals surface area (Å²) in [6.07, 6.45) is 0. The van der Waals surface area contributed by atoms with E-state index in [0.717, 1.165) is 16.7 Å². The number of benzene rings is 2. The lowest BCUT2D eigenvalue weighted by Gasteiger charge is -2.08. The maximum absolute atomic E-state index is 10.9. The SMILES string of the molecule is Cc1c(C[O])cccc1-c1ccccc1. The van der Waals surface area contributed by atoms with E-state index in [1.165, 1.54) is 5.56 Å². The second-order valence-corrected chi connectivity index (χ2v) is 3.60. The maximum atomic E-state index is 10.9. The van der Waals surface area contributed by atoms with E-state index in [1.54, 1.807) is 0 Å².